The highest BCUT2D eigenvalue weighted by Crippen LogP contribution is 2.08. The first-order valence-corrected chi connectivity index (χ1v) is 11.6. The van der Waals surface area contributed by atoms with Crippen LogP contribution in [0.15, 0.2) is 91.0 Å². The van der Waals surface area contributed by atoms with Gasteiger partial charge in [0.15, 0.2) is 0 Å². The van der Waals surface area contributed by atoms with Gasteiger partial charge in [0, 0.05) is 12.8 Å². The van der Waals surface area contributed by atoms with E-state index in [9.17, 15) is 19.2 Å². The number of carbonyl (C=O) groups excluding carboxylic acids is 4. The second kappa shape index (κ2) is 13.9. The average molecular weight is 499 g/mol. The number of benzene rings is 3. The van der Waals surface area contributed by atoms with E-state index in [1.807, 2.05) is 24.3 Å². The van der Waals surface area contributed by atoms with Crippen molar-refractivity contribution in [2.75, 3.05) is 0 Å². The van der Waals surface area contributed by atoms with Crippen molar-refractivity contribution in [3.8, 4) is 0 Å². The molecule has 0 radical (unpaired) electrons. The third kappa shape index (κ3) is 8.69. The molecule has 9 nitrogen and oxygen atoms in total. The fourth-order valence-electron chi connectivity index (χ4n) is 3.59. The molecule has 0 saturated heterocycles. The van der Waals surface area contributed by atoms with Crippen LogP contribution in [0.2, 0.25) is 0 Å². The van der Waals surface area contributed by atoms with Crippen molar-refractivity contribution in [3.05, 3.63) is 113 Å². The summed E-state index contributed by atoms with van der Waals surface area (Å²) in [4.78, 5) is 53.4. The first-order valence-electron chi connectivity index (χ1n) is 11.6. The Labute approximate surface area is 214 Å². The van der Waals surface area contributed by atoms with Crippen LogP contribution in [-0.2, 0) is 38.6 Å². The van der Waals surface area contributed by atoms with E-state index in [-0.39, 0.29) is 19.4 Å². The molecule has 3 aromatic carbocycles. The minimum atomic E-state index is -1.25. The molecule has 2 atom stereocenters. The highest BCUT2D eigenvalue weighted by atomic mass is 16.5. The summed E-state index contributed by atoms with van der Waals surface area (Å²) in [6.45, 7) is 0.0104. The molecule has 0 saturated carbocycles. The van der Waals surface area contributed by atoms with Crippen molar-refractivity contribution >= 4 is 29.8 Å². The number of nitrogens with zero attached hydrogens (tertiary/aromatic N) is 2. The molecule has 0 aliphatic heterocycles. The Kier molecular flexibility index (Phi) is 10.0. The first-order chi connectivity index (χ1) is 18.0. The zero-order valence-corrected chi connectivity index (χ0v) is 19.9. The van der Waals surface area contributed by atoms with E-state index in [1.165, 1.54) is 0 Å². The molecular weight excluding hydrogens is 472 g/mol. The maximum Gasteiger partial charge on any atom is 0.408 e. The smallest absolute Gasteiger partial charge is 0.408 e. The molecule has 9 heteroatoms. The quantitative estimate of drug-likeness (QED) is 0.171. The third-order valence-electron chi connectivity index (χ3n) is 5.44. The van der Waals surface area contributed by atoms with Crippen LogP contribution in [0.4, 0.5) is 4.79 Å². The van der Waals surface area contributed by atoms with E-state index in [0.29, 0.717) is 11.8 Å². The predicted molar refractivity (Wildman–Crippen MR) is 135 cm³/mol. The van der Waals surface area contributed by atoms with Crippen LogP contribution in [0.25, 0.3) is 5.53 Å². The van der Waals surface area contributed by atoms with Crippen molar-refractivity contribution < 1.29 is 28.7 Å². The van der Waals surface area contributed by atoms with E-state index >= 15 is 0 Å². The van der Waals surface area contributed by atoms with Gasteiger partial charge in [-0.15, -0.1) is 0 Å². The summed E-state index contributed by atoms with van der Waals surface area (Å²) in [6.07, 6.45) is -0.194. The zero-order valence-electron chi connectivity index (χ0n) is 19.9. The number of Topliss-reactive ketones (excluding diaryl/α,β-unsaturated/α-hetero) is 2. The van der Waals surface area contributed by atoms with Crippen molar-refractivity contribution in [1.29, 1.82) is 0 Å². The molecule has 0 aliphatic rings. The molecule has 0 fully saturated rings. The second-order valence-electron chi connectivity index (χ2n) is 8.17. The fraction of sp³-hybridized carbons (Fsp3) is 0.179. The van der Waals surface area contributed by atoms with Gasteiger partial charge >= 0.3 is 18.1 Å². The number of carbonyl (C=O) groups is 4. The Balaban J connectivity index is 1.77. The predicted octanol–water partition coefficient (Wildman–Crippen LogP) is 2.69. The summed E-state index contributed by atoms with van der Waals surface area (Å²) in [5.74, 6) is -2.71. The van der Waals surface area contributed by atoms with Crippen LogP contribution in [0.3, 0.4) is 0 Å². The van der Waals surface area contributed by atoms with Gasteiger partial charge in [-0.05, 0) is 16.7 Å². The topological polar surface area (TPSA) is 138 Å². The van der Waals surface area contributed by atoms with Crippen molar-refractivity contribution in [3.63, 3.8) is 0 Å². The Bertz CT molecular complexity index is 1260. The number of ether oxygens (including phenoxy) is 1. The summed E-state index contributed by atoms with van der Waals surface area (Å²) in [6, 6.07) is 24.5. The number of hydrogen-bond acceptors (Lipinski definition) is 5. The summed E-state index contributed by atoms with van der Waals surface area (Å²) in [7, 11) is 0. The number of rotatable bonds is 12. The molecule has 0 unspecified atom stereocenters. The monoisotopic (exact) mass is 498 g/mol. The van der Waals surface area contributed by atoms with Crippen LogP contribution in [0, 0.1) is 0 Å². The average Bonchev–Trinajstić information content (AvgIpc) is 2.92. The Morgan fingerprint density at radius 2 is 1.22 bits per heavy atom. The van der Waals surface area contributed by atoms with Gasteiger partial charge in [0.05, 0.1) is 0 Å². The molecule has 2 N–H and O–H groups in total. The van der Waals surface area contributed by atoms with Gasteiger partial charge in [0.2, 0.25) is 11.7 Å². The minimum absolute atomic E-state index is 0.0104. The van der Waals surface area contributed by atoms with Crippen LogP contribution in [0.5, 0.6) is 0 Å². The Morgan fingerprint density at radius 3 is 1.73 bits per heavy atom. The number of amides is 2. The van der Waals surface area contributed by atoms with E-state index in [1.54, 1.807) is 66.7 Å². The molecule has 0 bridgehead atoms. The second-order valence-corrected chi connectivity index (χ2v) is 8.17. The standard InChI is InChI=1S/C28H26N4O5/c29-30-18-25(33)26(34)23(16-20-10-4-1-5-11-20)31-27(35)24(17-21-12-6-2-7-13-21)32-28(36)37-19-22-14-8-3-9-15-22/h1-15,18,23-24H,16-17,19H2,(H,31,35)(H,32,36)/t23-,24+/m0/s1. The van der Waals surface area contributed by atoms with Gasteiger partial charge in [0.1, 0.15) is 18.7 Å². The molecule has 0 aromatic heterocycles. The van der Waals surface area contributed by atoms with Gasteiger partial charge in [-0.1, -0.05) is 91.0 Å². The van der Waals surface area contributed by atoms with E-state index in [2.05, 4.69) is 15.4 Å². The van der Waals surface area contributed by atoms with Gasteiger partial charge in [-0.3, -0.25) is 14.4 Å². The summed E-state index contributed by atoms with van der Waals surface area (Å²) < 4.78 is 5.27. The molecule has 3 aromatic rings. The number of hydrogen-bond donors (Lipinski definition) is 2. The van der Waals surface area contributed by atoms with Crippen molar-refractivity contribution in [2.24, 2.45) is 0 Å². The van der Waals surface area contributed by atoms with E-state index in [4.69, 9.17) is 10.3 Å². The normalized spacial score (nSPS) is 11.8. The summed E-state index contributed by atoms with van der Waals surface area (Å²) in [5.41, 5.74) is 10.9. The van der Waals surface area contributed by atoms with Gasteiger partial charge in [-0.25, -0.2) is 4.79 Å². The van der Waals surface area contributed by atoms with Crippen LogP contribution >= 0.6 is 0 Å². The molecule has 0 heterocycles. The molecule has 188 valence electrons. The summed E-state index contributed by atoms with van der Waals surface area (Å²) in [5, 5.41) is 5.14. The third-order valence-corrected chi connectivity index (χ3v) is 5.44. The van der Waals surface area contributed by atoms with E-state index < -0.39 is 35.7 Å². The van der Waals surface area contributed by atoms with Gasteiger partial charge < -0.3 is 20.9 Å². The summed E-state index contributed by atoms with van der Waals surface area (Å²) >= 11 is 0. The molecule has 37 heavy (non-hydrogen) atoms. The largest absolute Gasteiger partial charge is 0.445 e. The van der Waals surface area contributed by atoms with E-state index in [0.717, 1.165) is 11.1 Å². The van der Waals surface area contributed by atoms with Gasteiger partial charge in [-0.2, -0.15) is 4.79 Å². The molecule has 0 aliphatic carbocycles. The van der Waals surface area contributed by atoms with Gasteiger partial charge in [0.25, 0.3) is 0 Å². The zero-order chi connectivity index (χ0) is 26.5. The molecule has 0 spiro atoms. The number of ketones is 2. The Morgan fingerprint density at radius 1 is 0.730 bits per heavy atom. The lowest BCUT2D eigenvalue weighted by atomic mass is 9.99. The first kappa shape index (κ1) is 26.7. The highest BCUT2D eigenvalue weighted by Gasteiger charge is 2.31. The maximum absolute atomic E-state index is 13.3. The van der Waals surface area contributed by atoms with Crippen LogP contribution < -0.4 is 10.6 Å². The molecule has 3 rings (SSSR count). The van der Waals surface area contributed by atoms with Crippen molar-refractivity contribution in [1.82, 2.24) is 10.6 Å². The number of alkyl carbamates (subject to hydrolysis) is 1. The van der Waals surface area contributed by atoms with Crippen molar-refractivity contribution in [2.45, 2.75) is 31.5 Å². The maximum atomic E-state index is 13.3. The Hall–Kier alpha value is -4.88. The van der Waals surface area contributed by atoms with Crippen LogP contribution in [-0.4, -0.2) is 46.7 Å². The molecule has 2 amide bonds. The van der Waals surface area contributed by atoms with Crippen LogP contribution in [0.1, 0.15) is 16.7 Å². The minimum Gasteiger partial charge on any atom is -0.445 e. The lowest BCUT2D eigenvalue weighted by Gasteiger charge is -2.22. The fourth-order valence-corrected chi connectivity index (χ4v) is 3.59. The highest BCUT2D eigenvalue weighted by molar-refractivity contribution is 6.59. The SMILES string of the molecule is [N-]=[N+]=CC(=O)C(=O)[C@H](Cc1ccccc1)NC(=O)[C@@H](Cc1ccccc1)NC(=O)OCc1ccccc1. The lowest BCUT2D eigenvalue weighted by molar-refractivity contribution is -0.137. The number of nitrogens with one attached hydrogen (secondary N) is 2. The lowest BCUT2D eigenvalue weighted by Crippen LogP contribution is -2.54. The molecular formula is C28H26N4O5.